The summed E-state index contributed by atoms with van der Waals surface area (Å²) in [5, 5.41) is 5.88. The van der Waals surface area contributed by atoms with Gasteiger partial charge in [-0.3, -0.25) is 14.5 Å². The summed E-state index contributed by atoms with van der Waals surface area (Å²) >= 11 is 0. The largest absolute Gasteiger partial charge is 0.453 e. The number of ether oxygens (including phenoxy) is 2. The van der Waals surface area contributed by atoms with Crippen molar-refractivity contribution in [2.45, 2.75) is 103 Å². The minimum Gasteiger partial charge on any atom is -0.453 e. The van der Waals surface area contributed by atoms with E-state index in [-0.39, 0.29) is 42.5 Å². The number of likely N-dealkylation sites (tertiary alicyclic amines) is 1. The van der Waals surface area contributed by atoms with E-state index < -0.39 is 27.7 Å². The van der Waals surface area contributed by atoms with E-state index in [1.807, 2.05) is 6.07 Å². The molecular weight excluding hydrogens is 689 g/mol. The maximum atomic E-state index is 13.3. The molecule has 1 saturated carbocycles. The van der Waals surface area contributed by atoms with Gasteiger partial charge in [-0.1, -0.05) is 51.0 Å². The quantitative estimate of drug-likeness (QED) is 0.169. The number of hydrogen-bond acceptors (Lipinski definition) is 9. The van der Waals surface area contributed by atoms with Gasteiger partial charge >= 0.3 is 22.4 Å². The zero-order chi connectivity index (χ0) is 37.5. The minimum absolute atomic E-state index is 0.206. The lowest BCUT2D eigenvalue weighted by Gasteiger charge is -2.29. The minimum atomic E-state index is -3.94. The molecule has 14 nitrogen and oxygen atoms in total. The molecule has 1 aromatic rings. The van der Waals surface area contributed by atoms with Crippen LogP contribution >= 0.6 is 0 Å². The monoisotopic (exact) mass is 744 g/mol. The molecule has 3 aliphatic heterocycles. The number of rotatable bonds is 16. The highest BCUT2D eigenvalue weighted by molar-refractivity contribution is 7.87. The Morgan fingerprint density at radius 3 is 2.54 bits per heavy atom. The number of carbonyl (C=O) groups is 4. The van der Waals surface area contributed by atoms with Gasteiger partial charge in [-0.05, 0) is 73.5 Å². The number of alkyl carbamates (subject to hydrolysis) is 1. The second kappa shape index (κ2) is 17.0. The SMILES string of the molecule is C=CC1CC1(NCC1CCCN1C(=O)CNC(=O)OCC(C)(C)CCCCc1cccc2c1CN(C(=O)OC)C2)C(=O)NS(=O)(=O)N1CCCCC1. The molecular formula is C37H56N6O8S. The fourth-order valence-corrected chi connectivity index (χ4v) is 8.99. The van der Waals surface area contributed by atoms with Crippen LogP contribution in [0, 0.1) is 11.3 Å². The molecule has 2 saturated heterocycles. The first-order valence-corrected chi connectivity index (χ1v) is 20.0. The van der Waals surface area contributed by atoms with Gasteiger partial charge in [0.25, 0.3) is 5.91 Å². The summed E-state index contributed by atoms with van der Waals surface area (Å²) in [5.74, 6) is -1.07. The highest BCUT2D eigenvalue weighted by Gasteiger charge is 2.59. The van der Waals surface area contributed by atoms with Crippen molar-refractivity contribution in [2.75, 3.05) is 46.4 Å². The Morgan fingerprint density at radius 2 is 1.83 bits per heavy atom. The van der Waals surface area contributed by atoms with Gasteiger partial charge in [0, 0.05) is 51.2 Å². The van der Waals surface area contributed by atoms with Crippen LogP contribution in [0.1, 0.15) is 88.3 Å². The Kier molecular flexibility index (Phi) is 12.9. The number of nitrogens with zero attached hydrogens (tertiary/aromatic N) is 3. The summed E-state index contributed by atoms with van der Waals surface area (Å²) in [5.41, 5.74) is 2.26. The van der Waals surface area contributed by atoms with Gasteiger partial charge < -0.3 is 25.0 Å². The number of methoxy groups -OCH3 is 1. The Hall–Kier alpha value is -3.69. The van der Waals surface area contributed by atoms with Crippen molar-refractivity contribution in [3.8, 4) is 0 Å². The van der Waals surface area contributed by atoms with Gasteiger partial charge in [-0.25, -0.2) is 14.3 Å². The van der Waals surface area contributed by atoms with Gasteiger partial charge in [0.2, 0.25) is 5.91 Å². The van der Waals surface area contributed by atoms with E-state index in [1.165, 1.54) is 22.5 Å². The molecule has 0 radical (unpaired) electrons. The third-order valence-corrected chi connectivity index (χ3v) is 12.5. The van der Waals surface area contributed by atoms with E-state index in [9.17, 15) is 27.6 Å². The zero-order valence-corrected chi connectivity index (χ0v) is 31.7. The maximum absolute atomic E-state index is 13.3. The summed E-state index contributed by atoms with van der Waals surface area (Å²) in [6.45, 7) is 10.7. The third-order valence-electron chi connectivity index (χ3n) is 11.0. The molecule has 1 aliphatic carbocycles. The van der Waals surface area contributed by atoms with Crippen molar-refractivity contribution in [3.05, 3.63) is 47.5 Å². The van der Waals surface area contributed by atoms with E-state index in [0.29, 0.717) is 45.7 Å². The van der Waals surface area contributed by atoms with Crippen LogP contribution in [0.4, 0.5) is 9.59 Å². The van der Waals surface area contributed by atoms with Crippen molar-refractivity contribution in [2.24, 2.45) is 11.3 Å². The molecule has 15 heteroatoms. The number of carbonyl (C=O) groups excluding carboxylic acids is 4. The summed E-state index contributed by atoms with van der Waals surface area (Å²) in [6.07, 6.45) is 8.77. The Balaban J connectivity index is 1.01. The molecule has 5 rings (SSSR count). The molecule has 3 unspecified atom stereocenters. The molecule has 3 N–H and O–H groups in total. The van der Waals surface area contributed by atoms with Crippen LogP contribution in [0.3, 0.4) is 0 Å². The van der Waals surface area contributed by atoms with E-state index in [2.05, 4.69) is 47.9 Å². The number of aryl methyl sites for hydroxylation is 1. The number of unbranched alkanes of at least 4 members (excludes halogenated alkanes) is 1. The predicted octanol–water partition coefficient (Wildman–Crippen LogP) is 3.61. The molecule has 52 heavy (non-hydrogen) atoms. The fraction of sp³-hybridized carbons (Fsp3) is 0.676. The summed E-state index contributed by atoms with van der Waals surface area (Å²) in [6, 6.07) is 6.00. The topological polar surface area (TPSA) is 167 Å². The smallest absolute Gasteiger partial charge is 0.410 e. The summed E-state index contributed by atoms with van der Waals surface area (Å²) < 4.78 is 39.8. The van der Waals surface area contributed by atoms with Crippen LogP contribution < -0.4 is 15.4 Å². The van der Waals surface area contributed by atoms with Crippen molar-refractivity contribution in [1.29, 1.82) is 0 Å². The van der Waals surface area contributed by atoms with Crippen LogP contribution in [0.2, 0.25) is 0 Å². The molecule has 0 bridgehead atoms. The average molecular weight is 745 g/mol. The molecule has 3 fully saturated rings. The first kappa shape index (κ1) is 39.5. The molecule has 4 amide bonds. The van der Waals surface area contributed by atoms with E-state index >= 15 is 0 Å². The van der Waals surface area contributed by atoms with E-state index in [0.717, 1.165) is 63.4 Å². The lowest BCUT2D eigenvalue weighted by atomic mass is 9.87. The first-order valence-electron chi connectivity index (χ1n) is 18.6. The van der Waals surface area contributed by atoms with Crippen molar-refractivity contribution in [1.82, 2.24) is 29.5 Å². The number of benzene rings is 1. The molecule has 0 aromatic heterocycles. The Bertz CT molecular complexity index is 1600. The summed E-state index contributed by atoms with van der Waals surface area (Å²) in [7, 11) is -2.54. The lowest BCUT2D eigenvalue weighted by Crippen LogP contribution is -2.56. The van der Waals surface area contributed by atoms with E-state index in [4.69, 9.17) is 9.47 Å². The highest BCUT2D eigenvalue weighted by Crippen LogP contribution is 2.45. The van der Waals surface area contributed by atoms with Gasteiger partial charge in [0.1, 0.15) is 12.1 Å². The van der Waals surface area contributed by atoms with Gasteiger partial charge in [0.15, 0.2) is 0 Å². The average Bonchev–Trinajstić information content (AvgIpc) is 3.41. The molecule has 3 atom stereocenters. The number of amides is 4. The van der Waals surface area contributed by atoms with Crippen molar-refractivity contribution in [3.63, 3.8) is 0 Å². The van der Waals surface area contributed by atoms with Crippen LogP contribution in [0.5, 0.6) is 0 Å². The lowest BCUT2D eigenvalue weighted by molar-refractivity contribution is -0.131. The first-order chi connectivity index (χ1) is 24.8. The van der Waals surface area contributed by atoms with Gasteiger partial charge in [-0.15, -0.1) is 6.58 Å². The summed E-state index contributed by atoms with van der Waals surface area (Å²) in [4.78, 5) is 54.5. The second-order valence-electron chi connectivity index (χ2n) is 15.4. The zero-order valence-electron chi connectivity index (χ0n) is 30.9. The van der Waals surface area contributed by atoms with Crippen molar-refractivity contribution >= 4 is 34.2 Å². The Morgan fingerprint density at radius 1 is 1.06 bits per heavy atom. The van der Waals surface area contributed by atoms with Crippen LogP contribution in [-0.4, -0.2) is 105 Å². The van der Waals surface area contributed by atoms with Gasteiger partial charge in [-0.2, -0.15) is 12.7 Å². The molecule has 1 aromatic carbocycles. The predicted molar refractivity (Wildman–Crippen MR) is 195 cm³/mol. The molecule has 4 aliphatic rings. The normalized spacial score (nSPS) is 23.1. The number of fused-ring (bicyclic) bond motifs is 1. The van der Waals surface area contributed by atoms with Crippen LogP contribution in [0.15, 0.2) is 30.9 Å². The van der Waals surface area contributed by atoms with Crippen LogP contribution in [-0.2, 0) is 48.8 Å². The molecule has 288 valence electrons. The number of nitrogens with one attached hydrogen (secondary N) is 3. The fourth-order valence-electron chi connectivity index (χ4n) is 7.71. The van der Waals surface area contributed by atoms with Crippen LogP contribution in [0.25, 0.3) is 0 Å². The highest BCUT2D eigenvalue weighted by atomic mass is 32.2. The van der Waals surface area contributed by atoms with Crippen molar-refractivity contribution < 1.29 is 37.1 Å². The maximum Gasteiger partial charge on any atom is 0.410 e. The second-order valence-corrected chi connectivity index (χ2v) is 17.0. The van der Waals surface area contributed by atoms with Gasteiger partial charge in [0.05, 0.1) is 13.7 Å². The third kappa shape index (κ3) is 9.64. The molecule has 3 heterocycles. The Labute approximate surface area is 308 Å². The standard InChI is InChI=1S/C37H56N6O8S/c1-5-29-21-37(29,33(45)40-52(48,49)42-18-9-6-10-19-42)39-22-30-16-12-20-43(30)32(44)23-38-34(46)51-26-36(2,3)17-8-7-13-27-14-11-15-28-24-41(25-31(27)28)35(47)50-4/h5,11,14-15,29-30,39H,1,6-10,12-13,16-26H2,2-4H3,(H,38,46)(H,40,45). The van der Waals surface area contributed by atoms with E-state index in [1.54, 1.807) is 15.9 Å². The number of piperidine rings is 1. The molecule has 0 spiro atoms. The number of hydrogen-bond donors (Lipinski definition) is 3.